The van der Waals surface area contributed by atoms with Gasteiger partial charge >= 0.3 is 5.97 Å². The molecule has 5 heteroatoms. The van der Waals surface area contributed by atoms with Crippen molar-refractivity contribution in [3.05, 3.63) is 65.5 Å². The molecule has 0 saturated carbocycles. The van der Waals surface area contributed by atoms with Gasteiger partial charge in [-0.1, -0.05) is 37.3 Å². The van der Waals surface area contributed by atoms with E-state index in [9.17, 15) is 9.90 Å². The lowest BCUT2D eigenvalue weighted by atomic mass is 9.92. The highest BCUT2D eigenvalue weighted by atomic mass is 16.4. The zero-order chi connectivity index (χ0) is 19.7. The number of benzene rings is 2. The predicted octanol–water partition coefficient (Wildman–Crippen LogP) is 4.52. The van der Waals surface area contributed by atoms with Gasteiger partial charge in [0.1, 0.15) is 5.82 Å². The maximum absolute atomic E-state index is 11.3. The van der Waals surface area contributed by atoms with Crippen molar-refractivity contribution >= 4 is 17.0 Å². The second-order valence-electron chi connectivity index (χ2n) is 7.66. The van der Waals surface area contributed by atoms with Crippen LogP contribution in [0.25, 0.3) is 11.0 Å². The molecule has 1 N–H and O–H groups in total. The highest BCUT2D eigenvalue weighted by Gasteiger charge is 2.31. The fourth-order valence-corrected chi connectivity index (χ4v) is 4.56. The van der Waals surface area contributed by atoms with E-state index in [0.717, 1.165) is 36.5 Å². The van der Waals surface area contributed by atoms with Crippen molar-refractivity contribution in [1.82, 2.24) is 14.5 Å². The average Bonchev–Trinajstić information content (AvgIpc) is 3.31. The van der Waals surface area contributed by atoms with Gasteiger partial charge in [0.15, 0.2) is 0 Å². The fourth-order valence-electron chi connectivity index (χ4n) is 4.56. The molecule has 1 fully saturated rings. The summed E-state index contributed by atoms with van der Waals surface area (Å²) in [6, 6.07) is 16.5. The van der Waals surface area contributed by atoms with E-state index >= 15 is 0 Å². The predicted molar refractivity (Wildman–Crippen MR) is 111 cm³/mol. The molecule has 2 aromatic carbocycles. The van der Waals surface area contributed by atoms with E-state index in [1.54, 1.807) is 12.1 Å². The van der Waals surface area contributed by atoms with Crippen LogP contribution in [0, 0.1) is 0 Å². The third kappa shape index (κ3) is 3.42. The summed E-state index contributed by atoms with van der Waals surface area (Å²) >= 11 is 0. The molecule has 1 aliphatic heterocycles. The largest absolute Gasteiger partial charge is 0.478 e. The quantitative estimate of drug-likeness (QED) is 0.686. The van der Waals surface area contributed by atoms with Crippen LogP contribution in [0.3, 0.4) is 0 Å². The molecule has 0 amide bonds. The first-order valence-electron chi connectivity index (χ1n) is 10.1. The molecule has 2 unspecified atom stereocenters. The number of aryl methyl sites for hydroxylation is 1. The van der Waals surface area contributed by atoms with E-state index in [4.69, 9.17) is 4.98 Å². The van der Waals surface area contributed by atoms with E-state index in [1.807, 2.05) is 6.07 Å². The molecule has 0 spiro atoms. The number of carboxylic acid groups (broad SMARTS) is 1. The van der Waals surface area contributed by atoms with Crippen molar-refractivity contribution < 1.29 is 9.90 Å². The van der Waals surface area contributed by atoms with Gasteiger partial charge in [0.2, 0.25) is 0 Å². The number of aromatic carboxylic acids is 1. The van der Waals surface area contributed by atoms with Gasteiger partial charge in [-0.2, -0.15) is 0 Å². The number of carbonyl (C=O) groups is 1. The smallest absolute Gasteiger partial charge is 0.335 e. The summed E-state index contributed by atoms with van der Waals surface area (Å²) in [7, 11) is 0. The van der Waals surface area contributed by atoms with Crippen LogP contribution in [-0.2, 0) is 13.1 Å². The van der Waals surface area contributed by atoms with Crippen LogP contribution in [-0.4, -0.2) is 38.1 Å². The van der Waals surface area contributed by atoms with E-state index in [1.165, 1.54) is 18.4 Å². The number of likely N-dealkylation sites (tertiary alicyclic amines) is 1. The lowest BCUT2D eigenvalue weighted by Gasteiger charge is -2.29. The molecule has 28 heavy (non-hydrogen) atoms. The molecule has 0 aliphatic carbocycles. The number of hydrogen-bond acceptors (Lipinski definition) is 3. The molecule has 3 aromatic rings. The SMILES string of the molecule is CCn1c(CN2CCCC2C(C)c2ccccc2)nc2cc(C(=O)O)ccc21. The van der Waals surface area contributed by atoms with Gasteiger partial charge in [-0.05, 0) is 56.0 Å². The molecular weight excluding hydrogens is 350 g/mol. The number of rotatable bonds is 6. The Morgan fingerprint density at radius 1 is 1.25 bits per heavy atom. The van der Waals surface area contributed by atoms with Crippen molar-refractivity contribution in [2.45, 2.75) is 51.7 Å². The van der Waals surface area contributed by atoms with Gasteiger partial charge in [-0.15, -0.1) is 0 Å². The summed E-state index contributed by atoms with van der Waals surface area (Å²) in [6.07, 6.45) is 2.41. The second-order valence-corrected chi connectivity index (χ2v) is 7.66. The lowest BCUT2D eigenvalue weighted by Crippen LogP contribution is -2.34. The molecule has 2 atom stereocenters. The van der Waals surface area contributed by atoms with Crippen LogP contribution in [0.4, 0.5) is 0 Å². The minimum atomic E-state index is -0.911. The summed E-state index contributed by atoms with van der Waals surface area (Å²) in [5.41, 5.74) is 3.45. The molecule has 1 aliphatic rings. The van der Waals surface area contributed by atoms with Crippen molar-refractivity contribution in [3.8, 4) is 0 Å². The Bertz CT molecular complexity index is 980. The van der Waals surface area contributed by atoms with Crippen LogP contribution >= 0.6 is 0 Å². The van der Waals surface area contributed by atoms with E-state index in [-0.39, 0.29) is 5.56 Å². The van der Waals surface area contributed by atoms with Gasteiger partial charge in [-0.25, -0.2) is 9.78 Å². The van der Waals surface area contributed by atoms with Gasteiger partial charge in [0.05, 0.1) is 23.1 Å². The number of aromatic nitrogens is 2. The van der Waals surface area contributed by atoms with Crippen LogP contribution in [0.1, 0.15) is 54.4 Å². The molecule has 4 rings (SSSR count). The highest BCUT2D eigenvalue weighted by Crippen LogP contribution is 2.32. The van der Waals surface area contributed by atoms with Crippen LogP contribution < -0.4 is 0 Å². The molecule has 1 aromatic heterocycles. The lowest BCUT2D eigenvalue weighted by molar-refractivity contribution is 0.0697. The Kier molecular flexibility index (Phi) is 5.18. The average molecular weight is 377 g/mol. The Labute approximate surface area is 165 Å². The molecule has 5 nitrogen and oxygen atoms in total. The molecule has 0 bridgehead atoms. The van der Waals surface area contributed by atoms with Crippen LogP contribution in [0.15, 0.2) is 48.5 Å². The number of hydrogen-bond donors (Lipinski definition) is 1. The summed E-state index contributed by atoms with van der Waals surface area (Å²) in [5.74, 6) is 0.583. The van der Waals surface area contributed by atoms with Crippen molar-refractivity contribution in [2.24, 2.45) is 0 Å². The third-order valence-electron chi connectivity index (χ3n) is 6.05. The number of imidazole rings is 1. The maximum atomic E-state index is 11.3. The van der Waals surface area contributed by atoms with Crippen molar-refractivity contribution in [1.29, 1.82) is 0 Å². The third-order valence-corrected chi connectivity index (χ3v) is 6.05. The van der Waals surface area contributed by atoms with Gasteiger partial charge in [0.25, 0.3) is 0 Å². The van der Waals surface area contributed by atoms with Crippen molar-refractivity contribution in [2.75, 3.05) is 6.54 Å². The summed E-state index contributed by atoms with van der Waals surface area (Å²) in [4.78, 5) is 18.7. The highest BCUT2D eigenvalue weighted by molar-refractivity contribution is 5.92. The fraction of sp³-hybridized carbons (Fsp3) is 0.391. The van der Waals surface area contributed by atoms with E-state index in [2.05, 4.69) is 53.6 Å². The van der Waals surface area contributed by atoms with Crippen LogP contribution in [0.2, 0.25) is 0 Å². The zero-order valence-corrected chi connectivity index (χ0v) is 16.5. The minimum absolute atomic E-state index is 0.288. The summed E-state index contributed by atoms with van der Waals surface area (Å²) in [5, 5.41) is 9.27. The summed E-state index contributed by atoms with van der Waals surface area (Å²) < 4.78 is 2.21. The van der Waals surface area contributed by atoms with Crippen LogP contribution in [0.5, 0.6) is 0 Å². The first-order chi connectivity index (χ1) is 13.6. The monoisotopic (exact) mass is 377 g/mol. The zero-order valence-electron chi connectivity index (χ0n) is 16.5. The molecule has 2 heterocycles. The number of carboxylic acids is 1. The Morgan fingerprint density at radius 2 is 2.04 bits per heavy atom. The molecular formula is C23H27N3O2. The summed E-state index contributed by atoms with van der Waals surface area (Å²) in [6.45, 7) is 7.14. The molecule has 0 radical (unpaired) electrons. The van der Waals surface area contributed by atoms with Gasteiger partial charge in [0, 0.05) is 12.6 Å². The topological polar surface area (TPSA) is 58.4 Å². The Hall–Kier alpha value is -2.66. The minimum Gasteiger partial charge on any atom is -0.478 e. The number of fused-ring (bicyclic) bond motifs is 1. The Morgan fingerprint density at radius 3 is 2.75 bits per heavy atom. The second kappa shape index (κ2) is 7.76. The normalized spacial score (nSPS) is 18.6. The number of nitrogens with zero attached hydrogens (tertiary/aromatic N) is 3. The standard InChI is InChI=1S/C23H27N3O2/c1-3-26-21-12-11-18(23(27)28)14-19(21)24-22(26)15-25-13-7-10-20(25)16(2)17-8-5-4-6-9-17/h4-6,8-9,11-12,14,16,20H,3,7,10,13,15H2,1-2H3,(H,27,28). The molecule has 146 valence electrons. The first-order valence-corrected chi connectivity index (χ1v) is 10.1. The van der Waals surface area contributed by atoms with E-state index < -0.39 is 5.97 Å². The molecule has 1 saturated heterocycles. The van der Waals surface area contributed by atoms with E-state index in [0.29, 0.717) is 12.0 Å². The van der Waals surface area contributed by atoms with Crippen molar-refractivity contribution in [3.63, 3.8) is 0 Å². The first kappa shape index (κ1) is 18.7. The Balaban J connectivity index is 1.62. The maximum Gasteiger partial charge on any atom is 0.335 e. The van der Waals surface area contributed by atoms with Gasteiger partial charge in [-0.3, -0.25) is 4.90 Å². The van der Waals surface area contributed by atoms with Gasteiger partial charge < -0.3 is 9.67 Å².